The fraction of sp³-hybridized carbons (Fsp3) is 1.00. The number of likely N-dealkylation sites (N-methyl/N-ethyl adjacent to an activating group) is 1. The van der Waals surface area contributed by atoms with Crippen LogP contribution in [-0.4, -0.2) is 60.3 Å². The molecule has 0 amide bonds. The minimum Gasteiger partial charge on any atom is -0.393 e. The molecule has 3 nitrogen and oxygen atoms in total. The SMILES string of the molecule is CC(C)[C@H]1CN(C)CCN1CC1CCC(O)CC1. The molecule has 2 aliphatic rings. The lowest BCUT2D eigenvalue weighted by Crippen LogP contribution is -2.55. The lowest BCUT2D eigenvalue weighted by molar-refractivity contribution is 0.0334. The van der Waals surface area contributed by atoms with E-state index in [0.29, 0.717) is 0 Å². The van der Waals surface area contributed by atoms with E-state index in [4.69, 9.17) is 0 Å². The smallest absolute Gasteiger partial charge is 0.0540 e. The molecular weight excluding hydrogens is 224 g/mol. The summed E-state index contributed by atoms with van der Waals surface area (Å²) in [7, 11) is 2.24. The first-order chi connectivity index (χ1) is 8.56. The fourth-order valence-electron chi connectivity index (χ4n) is 3.51. The predicted molar refractivity (Wildman–Crippen MR) is 75.7 cm³/mol. The van der Waals surface area contributed by atoms with Crippen LogP contribution in [0.25, 0.3) is 0 Å². The zero-order valence-corrected chi connectivity index (χ0v) is 12.3. The normalized spacial score (nSPS) is 36.2. The lowest BCUT2D eigenvalue weighted by atomic mass is 9.86. The number of hydrogen-bond donors (Lipinski definition) is 1. The Morgan fingerprint density at radius 1 is 1.11 bits per heavy atom. The van der Waals surface area contributed by atoms with Gasteiger partial charge in [0.25, 0.3) is 0 Å². The van der Waals surface area contributed by atoms with Gasteiger partial charge in [-0.25, -0.2) is 0 Å². The second-order valence-corrected chi connectivity index (χ2v) is 6.74. The largest absolute Gasteiger partial charge is 0.393 e. The van der Waals surface area contributed by atoms with Crippen LogP contribution in [0.5, 0.6) is 0 Å². The highest BCUT2D eigenvalue weighted by Gasteiger charge is 2.30. The molecule has 0 aromatic carbocycles. The van der Waals surface area contributed by atoms with Crippen molar-refractivity contribution < 1.29 is 5.11 Å². The summed E-state index contributed by atoms with van der Waals surface area (Å²) in [5.74, 6) is 1.56. The zero-order valence-electron chi connectivity index (χ0n) is 12.3. The Kier molecular flexibility index (Phi) is 5.05. The summed E-state index contributed by atoms with van der Waals surface area (Å²) in [6.07, 6.45) is 4.46. The van der Waals surface area contributed by atoms with Gasteiger partial charge in [0.1, 0.15) is 0 Å². The Morgan fingerprint density at radius 2 is 1.78 bits per heavy atom. The Hall–Kier alpha value is -0.120. The number of hydrogen-bond acceptors (Lipinski definition) is 3. The standard InChI is InChI=1S/C15H30N2O/c1-12(2)15-11-16(3)8-9-17(15)10-13-4-6-14(18)7-5-13/h12-15,18H,4-11H2,1-3H3/t13?,14?,15-/m1/s1. The van der Waals surface area contributed by atoms with E-state index >= 15 is 0 Å². The second-order valence-electron chi connectivity index (χ2n) is 6.74. The summed E-state index contributed by atoms with van der Waals surface area (Å²) in [6, 6.07) is 0.718. The third kappa shape index (κ3) is 3.69. The summed E-state index contributed by atoms with van der Waals surface area (Å²) in [5, 5.41) is 9.59. The molecule has 3 heteroatoms. The average Bonchev–Trinajstić information content (AvgIpc) is 2.34. The van der Waals surface area contributed by atoms with E-state index < -0.39 is 0 Å². The summed E-state index contributed by atoms with van der Waals surface area (Å²) >= 11 is 0. The van der Waals surface area contributed by atoms with Gasteiger partial charge in [-0.15, -0.1) is 0 Å². The average molecular weight is 254 g/mol. The topological polar surface area (TPSA) is 26.7 Å². The molecular formula is C15H30N2O. The monoisotopic (exact) mass is 254 g/mol. The van der Waals surface area contributed by atoms with E-state index in [-0.39, 0.29) is 6.10 Å². The van der Waals surface area contributed by atoms with Gasteiger partial charge in [0.15, 0.2) is 0 Å². The molecule has 2 rings (SSSR count). The van der Waals surface area contributed by atoms with E-state index in [1.165, 1.54) is 39.0 Å². The van der Waals surface area contributed by atoms with Crippen molar-refractivity contribution in [1.82, 2.24) is 9.80 Å². The molecule has 1 saturated heterocycles. The summed E-state index contributed by atoms with van der Waals surface area (Å²) in [4.78, 5) is 5.18. The van der Waals surface area contributed by atoms with Crippen molar-refractivity contribution >= 4 is 0 Å². The van der Waals surface area contributed by atoms with Gasteiger partial charge in [-0.05, 0) is 44.6 Å². The maximum Gasteiger partial charge on any atom is 0.0540 e. The third-order valence-corrected chi connectivity index (χ3v) is 4.82. The van der Waals surface area contributed by atoms with Crippen LogP contribution in [0.15, 0.2) is 0 Å². The molecule has 1 N–H and O–H groups in total. The Morgan fingerprint density at radius 3 is 2.39 bits per heavy atom. The van der Waals surface area contributed by atoms with Crippen LogP contribution in [0.2, 0.25) is 0 Å². The second kappa shape index (κ2) is 6.36. The van der Waals surface area contributed by atoms with Crippen LogP contribution in [-0.2, 0) is 0 Å². The highest BCUT2D eigenvalue weighted by Crippen LogP contribution is 2.27. The van der Waals surface area contributed by atoms with Crippen molar-refractivity contribution in [3.05, 3.63) is 0 Å². The molecule has 1 heterocycles. The van der Waals surface area contributed by atoms with Gasteiger partial charge in [-0.2, -0.15) is 0 Å². The van der Waals surface area contributed by atoms with Gasteiger partial charge < -0.3 is 10.0 Å². The van der Waals surface area contributed by atoms with E-state index in [0.717, 1.165) is 30.7 Å². The van der Waals surface area contributed by atoms with Crippen molar-refractivity contribution in [2.24, 2.45) is 11.8 Å². The molecule has 0 unspecified atom stereocenters. The highest BCUT2D eigenvalue weighted by atomic mass is 16.3. The van der Waals surface area contributed by atoms with E-state index in [1.807, 2.05) is 0 Å². The van der Waals surface area contributed by atoms with Gasteiger partial charge in [0.05, 0.1) is 6.10 Å². The molecule has 1 aliphatic heterocycles. The summed E-state index contributed by atoms with van der Waals surface area (Å²) in [5.41, 5.74) is 0. The van der Waals surface area contributed by atoms with Crippen molar-refractivity contribution in [2.45, 2.75) is 51.7 Å². The van der Waals surface area contributed by atoms with E-state index in [2.05, 4.69) is 30.7 Å². The van der Waals surface area contributed by atoms with Crippen LogP contribution < -0.4 is 0 Å². The number of aliphatic hydroxyl groups excluding tert-OH is 1. The van der Waals surface area contributed by atoms with Gasteiger partial charge in [-0.1, -0.05) is 13.8 Å². The minimum absolute atomic E-state index is 0.0189. The molecule has 1 aliphatic carbocycles. The molecule has 0 aromatic rings. The highest BCUT2D eigenvalue weighted by molar-refractivity contribution is 4.85. The zero-order chi connectivity index (χ0) is 13.1. The molecule has 18 heavy (non-hydrogen) atoms. The molecule has 1 atom stereocenters. The maximum atomic E-state index is 9.59. The van der Waals surface area contributed by atoms with Gasteiger partial charge in [0, 0.05) is 32.2 Å². The van der Waals surface area contributed by atoms with Crippen LogP contribution in [0.3, 0.4) is 0 Å². The third-order valence-electron chi connectivity index (χ3n) is 4.82. The quantitative estimate of drug-likeness (QED) is 0.832. The number of piperazine rings is 1. The van der Waals surface area contributed by atoms with Crippen molar-refractivity contribution in [3.8, 4) is 0 Å². The van der Waals surface area contributed by atoms with Crippen LogP contribution in [0, 0.1) is 11.8 Å². The molecule has 0 radical (unpaired) electrons. The molecule has 1 saturated carbocycles. The Bertz CT molecular complexity index is 249. The summed E-state index contributed by atoms with van der Waals surface area (Å²) in [6.45, 7) is 9.59. The van der Waals surface area contributed by atoms with Crippen molar-refractivity contribution in [3.63, 3.8) is 0 Å². The van der Waals surface area contributed by atoms with Crippen LogP contribution >= 0.6 is 0 Å². The Balaban J connectivity index is 1.86. The molecule has 0 spiro atoms. The molecule has 0 bridgehead atoms. The van der Waals surface area contributed by atoms with Crippen molar-refractivity contribution in [1.29, 1.82) is 0 Å². The number of aliphatic hydroxyl groups is 1. The summed E-state index contributed by atoms with van der Waals surface area (Å²) < 4.78 is 0. The van der Waals surface area contributed by atoms with E-state index in [9.17, 15) is 5.11 Å². The van der Waals surface area contributed by atoms with Gasteiger partial charge >= 0.3 is 0 Å². The molecule has 106 valence electrons. The lowest BCUT2D eigenvalue weighted by Gasteiger charge is -2.44. The van der Waals surface area contributed by atoms with Crippen LogP contribution in [0.4, 0.5) is 0 Å². The first-order valence-corrected chi connectivity index (χ1v) is 7.67. The fourth-order valence-corrected chi connectivity index (χ4v) is 3.51. The van der Waals surface area contributed by atoms with Crippen molar-refractivity contribution in [2.75, 3.05) is 33.2 Å². The Labute approximate surface area is 112 Å². The molecule has 2 fully saturated rings. The number of rotatable bonds is 3. The first-order valence-electron chi connectivity index (χ1n) is 7.67. The van der Waals surface area contributed by atoms with Crippen LogP contribution in [0.1, 0.15) is 39.5 Å². The number of nitrogens with zero attached hydrogens (tertiary/aromatic N) is 2. The first kappa shape index (κ1) is 14.3. The van der Waals surface area contributed by atoms with Gasteiger partial charge in [-0.3, -0.25) is 4.90 Å². The van der Waals surface area contributed by atoms with E-state index in [1.54, 1.807) is 0 Å². The predicted octanol–water partition coefficient (Wildman–Crippen LogP) is 1.81. The minimum atomic E-state index is -0.0189. The van der Waals surface area contributed by atoms with Gasteiger partial charge in [0.2, 0.25) is 0 Å². The molecule has 0 aromatic heterocycles. The maximum absolute atomic E-state index is 9.59.